The highest BCUT2D eigenvalue weighted by atomic mass is 79.9. The zero-order valence-electron chi connectivity index (χ0n) is 14.7. The van der Waals surface area contributed by atoms with Crippen molar-refractivity contribution in [1.82, 2.24) is 4.90 Å². The molecular formula is C20H22BrN3O2. The molecule has 2 N–H and O–H groups in total. The number of carbonyl (C=O) groups is 2. The summed E-state index contributed by atoms with van der Waals surface area (Å²) in [5.74, 6) is 0.115. The summed E-state index contributed by atoms with van der Waals surface area (Å²) in [5, 5.41) is 5.56. The Hall–Kier alpha value is -2.18. The highest BCUT2D eigenvalue weighted by Crippen LogP contribution is 2.21. The standard InChI is InChI=1S/C20H22BrN3O2/c1-24-12-3-2-7-18(24)19(25)14-5-4-6-17(13-14)23-20(26)22-16-10-8-15(21)9-11-16/h4-6,8-11,13,18H,2-3,7,12H2,1H3,(H2,22,23,26). The van der Waals surface area contributed by atoms with E-state index in [1.165, 1.54) is 0 Å². The van der Waals surface area contributed by atoms with Crippen LogP contribution in [0.4, 0.5) is 16.2 Å². The van der Waals surface area contributed by atoms with Crippen LogP contribution in [-0.2, 0) is 0 Å². The third-order valence-electron chi connectivity index (χ3n) is 4.58. The van der Waals surface area contributed by atoms with Crippen molar-refractivity contribution in [2.45, 2.75) is 25.3 Å². The molecule has 0 saturated carbocycles. The van der Waals surface area contributed by atoms with E-state index in [0.717, 1.165) is 30.3 Å². The first-order valence-electron chi connectivity index (χ1n) is 8.71. The first-order valence-corrected chi connectivity index (χ1v) is 9.50. The number of likely N-dealkylation sites (N-methyl/N-ethyl adjacent to an activating group) is 1. The molecule has 2 aromatic rings. The minimum atomic E-state index is -0.341. The number of piperidine rings is 1. The number of likely N-dealkylation sites (tertiary alicyclic amines) is 1. The Morgan fingerprint density at radius 2 is 1.77 bits per heavy atom. The smallest absolute Gasteiger partial charge is 0.308 e. The number of anilines is 2. The summed E-state index contributed by atoms with van der Waals surface area (Å²) < 4.78 is 0.947. The van der Waals surface area contributed by atoms with Gasteiger partial charge in [0.05, 0.1) is 6.04 Å². The van der Waals surface area contributed by atoms with Crippen LogP contribution in [0.2, 0.25) is 0 Å². The molecule has 0 bridgehead atoms. The van der Waals surface area contributed by atoms with Gasteiger partial charge in [-0.25, -0.2) is 4.79 Å². The lowest BCUT2D eigenvalue weighted by atomic mass is 9.95. The number of benzene rings is 2. The number of Topliss-reactive ketones (excluding diaryl/α,β-unsaturated/α-hetero) is 1. The van der Waals surface area contributed by atoms with Gasteiger partial charge in [-0.05, 0) is 62.8 Å². The Balaban J connectivity index is 1.65. The molecule has 2 aromatic carbocycles. The number of nitrogens with one attached hydrogen (secondary N) is 2. The van der Waals surface area contributed by atoms with Gasteiger partial charge in [-0.1, -0.05) is 34.5 Å². The van der Waals surface area contributed by atoms with E-state index in [4.69, 9.17) is 0 Å². The molecule has 1 aliphatic rings. The maximum atomic E-state index is 12.8. The van der Waals surface area contributed by atoms with Crippen LogP contribution in [0.25, 0.3) is 0 Å². The Labute approximate surface area is 161 Å². The maximum Gasteiger partial charge on any atom is 0.323 e. The second-order valence-electron chi connectivity index (χ2n) is 6.52. The van der Waals surface area contributed by atoms with Crippen molar-refractivity contribution in [2.75, 3.05) is 24.2 Å². The number of carbonyl (C=O) groups excluding carboxylic acids is 2. The molecular weight excluding hydrogens is 394 g/mol. The van der Waals surface area contributed by atoms with Gasteiger partial charge in [-0.3, -0.25) is 9.69 Å². The van der Waals surface area contributed by atoms with Crippen LogP contribution >= 0.6 is 15.9 Å². The molecule has 1 unspecified atom stereocenters. The van der Waals surface area contributed by atoms with E-state index >= 15 is 0 Å². The van der Waals surface area contributed by atoms with E-state index in [2.05, 4.69) is 31.5 Å². The Bertz CT molecular complexity index is 792. The fraction of sp³-hybridized carbons (Fsp3) is 0.300. The van der Waals surface area contributed by atoms with Crippen LogP contribution in [-0.4, -0.2) is 36.3 Å². The molecule has 0 radical (unpaired) electrons. The van der Waals surface area contributed by atoms with E-state index in [1.54, 1.807) is 18.2 Å². The lowest BCUT2D eigenvalue weighted by Crippen LogP contribution is -2.42. The number of amides is 2. The SMILES string of the molecule is CN1CCCCC1C(=O)c1cccc(NC(=O)Nc2ccc(Br)cc2)c1. The van der Waals surface area contributed by atoms with Crippen LogP contribution in [0.15, 0.2) is 53.0 Å². The number of ketones is 1. The minimum Gasteiger partial charge on any atom is -0.308 e. The number of urea groups is 1. The molecule has 136 valence electrons. The Morgan fingerprint density at radius 3 is 2.50 bits per heavy atom. The number of nitrogens with zero attached hydrogens (tertiary/aromatic N) is 1. The van der Waals surface area contributed by atoms with Crippen molar-refractivity contribution in [1.29, 1.82) is 0 Å². The molecule has 0 aliphatic carbocycles. The zero-order valence-corrected chi connectivity index (χ0v) is 16.3. The third kappa shape index (κ3) is 4.71. The summed E-state index contributed by atoms with van der Waals surface area (Å²) in [6.45, 7) is 0.948. The number of hydrogen-bond donors (Lipinski definition) is 2. The van der Waals surface area contributed by atoms with Crippen molar-refractivity contribution in [2.24, 2.45) is 0 Å². The van der Waals surface area contributed by atoms with E-state index in [1.807, 2.05) is 37.4 Å². The zero-order chi connectivity index (χ0) is 18.5. The fourth-order valence-corrected chi connectivity index (χ4v) is 3.44. The van der Waals surface area contributed by atoms with Crippen LogP contribution in [0, 0.1) is 0 Å². The maximum absolute atomic E-state index is 12.8. The summed E-state index contributed by atoms with van der Waals surface area (Å²) in [5.41, 5.74) is 1.93. The van der Waals surface area contributed by atoms with Gasteiger partial charge in [0.2, 0.25) is 0 Å². The Kier molecular flexibility index (Phi) is 6.06. The molecule has 6 heteroatoms. The summed E-state index contributed by atoms with van der Waals surface area (Å²) >= 11 is 3.36. The van der Waals surface area contributed by atoms with E-state index in [0.29, 0.717) is 16.9 Å². The van der Waals surface area contributed by atoms with Gasteiger partial charge in [0.1, 0.15) is 0 Å². The average Bonchev–Trinajstić information content (AvgIpc) is 2.64. The van der Waals surface area contributed by atoms with Crippen molar-refractivity contribution in [3.8, 4) is 0 Å². The first kappa shape index (κ1) is 18.6. The summed E-state index contributed by atoms with van der Waals surface area (Å²) in [7, 11) is 2.00. The van der Waals surface area contributed by atoms with Gasteiger partial charge < -0.3 is 10.6 Å². The van der Waals surface area contributed by atoms with Crippen molar-refractivity contribution >= 4 is 39.1 Å². The largest absolute Gasteiger partial charge is 0.323 e. The highest BCUT2D eigenvalue weighted by Gasteiger charge is 2.26. The number of halogens is 1. The first-order chi connectivity index (χ1) is 12.5. The molecule has 1 heterocycles. The van der Waals surface area contributed by atoms with Crippen LogP contribution in [0.1, 0.15) is 29.6 Å². The lowest BCUT2D eigenvalue weighted by molar-refractivity contribution is 0.0798. The fourth-order valence-electron chi connectivity index (χ4n) is 3.18. The molecule has 0 spiro atoms. The lowest BCUT2D eigenvalue weighted by Gasteiger charge is -2.31. The summed E-state index contributed by atoms with van der Waals surface area (Å²) in [6, 6.07) is 14.0. The number of hydrogen-bond acceptors (Lipinski definition) is 3. The van der Waals surface area contributed by atoms with E-state index in [9.17, 15) is 9.59 Å². The molecule has 2 amide bonds. The molecule has 3 rings (SSSR count). The molecule has 0 aromatic heterocycles. The van der Waals surface area contributed by atoms with Crippen LogP contribution in [0.3, 0.4) is 0 Å². The summed E-state index contributed by atoms with van der Waals surface area (Å²) in [4.78, 5) is 27.1. The normalized spacial score (nSPS) is 17.5. The quantitative estimate of drug-likeness (QED) is 0.707. The van der Waals surface area contributed by atoms with Crippen molar-refractivity contribution in [3.05, 3.63) is 58.6 Å². The predicted octanol–water partition coefficient (Wildman–Crippen LogP) is 4.76. The van der Waals surface area contributed by atoms with Gasteiger partial charge in [0.25, 0.3) is 0 Å². The topological polar surface area (TPSA) is 61.4 Å². The molecule has 1 fully saturated rings. The molecule has 1 aliphatic heterocycles. The molecule has 26 heavy (non-hydrogen) atoms. The third-order valence-corrected chi connectivity index (χ3v) is 5.11. The minimum absolute atomic E-state index is 0.0735. The summed E-state index contributed by atoms with van der Waals surface area (Å²) in [6.07, 6.45) is 3.10. The van der Waals surface area contributed by atoms with Gasteiger partial charge in [-0.15, -0.1) is 0 Å². The van der Waals surface area contributed by atoms with Crippen LogP contribution < -0.4 is 10.6 Å². The molecule has 5 nitrogen and oxygen atoms in total. The predicted molar refractivity (Wildman–Crippen MR) is 108 cm³/mol. The van der Waals surface area contributed by atoms with Gasteiger partial charge >= 0.3 is 6.03 Å². The molecule has 1 atom stereocenters. The number of rotatable bonds is 4. The van der Waals surface area contributed by atoms with Gasteiger partial charge in [-0.2, -0.15) is 0 Å². The second-order valence-corrected chi connectivity index (χ2v) is 7.44. The van der Waals surface area contributed by atoms with Crippen molar-refractivity contribution in [3.63, 3.8) is 0 Å². The van der Waals surface area contributed by atoms with Crippen molar-refractivity contribution < 1.29 is 9.59 Å². The second kappa shape index (κ2) is 8.47. The Morgan fingerprint density at radius 1 is 1.04 bits per heavy atom. The molecule has 1 saturated heterocycles. The van der Waals surface area contributed by atoms with E-state index < -0.39 is 0 Å². The van der Waals surface area contributed by atoms with Gasteiger partial charge in [0.15, 0.2) is 5.78 Å². The monoisotopic (exact) mass is 415 g/mol. The highest BCUT2D eigenvalue weighted by molar-refractivity contribution is 9.10. The van der Waals surface area contributed by atoms with Crippen LogP contribution in [0.5, 0.6) is 0 Å². The van der Waals surface area contributed by atoms with E-state index in [-0.39, 0.29) is 17.9 Å². The average molecular weight is 416 g/mol. The van der Waals surface area contributed by atoms with Gasteiger partial charge in [0, 0.05) is 21.4 Å².